The van der Waals surface area contributed by atoms with E-state index in [2.05, 4.69) is 40.1 Å². The number of aromatic carboxylic acids is 1. The number of likely N-dealkylation sites (tertiary alicyclic amines) is 1. The molecule has 3 aromatic carbocycles. The Morgan fingerprint density at radius 3 is 2.29 bits per heavy atom. The van der Waals surface area contributed by atoms with Crippen molar-refractivity contribution in [1.29, 1.82) is 0 Å². The van der Waals surface area contributed by atoms with Crippen molar-refractivity contribution >= 4 is 96.0 Å². The van der Waals surface area contributed by atoms with Crippen LogP contribution in [0.25, 0.3) is 21.3 Å². The fourth-order valence-electron chi connectivity index (χ4n) is 18.7. The highest BCUT2D eigenvalue weighted by atomic mass is 32.2. The molecule has 6 heterocycles. The molecule has 3 aromatic heterocycles. The van der Waals surface area contributed by atoms with Crippen molar-refractivity contribution in [1.82, 2.24) is 45.5 Å². The van der Waals surface area contributed by atoms with Crippen molar-refractivity contribution in [2.24, 2.45) is 22.2 Å². The van der Waals surface area contributed by atoms with Crippen LogP contribution in [-0.4, -0.2) is 234 Å². The van der Waals surface area contributed by atoms with Crippen LogP contribution in [0.1, 0.15) is 154 Å². The number of nitrogens with one attached hydrogen (secondary N) is 4. The molecule has 2 saturated heterocycles. The molecule has 4 aliphatic carbocycles. The Labute approximate surface area is 663 Å². The Kier molecular flexibility index (Phi) is 25.2. The number of aryl methyl sites for hydroxylation is 1. The number of anilines is 2. The van der Waals surface area contributed by atoms with Gasteiger partial charge in [0.15, 0.2) is 22.7 Å². The summed E-state index contributed by atoms with van der Waals surface area (Å²) >= 11 is 1.40. The zero-order chi connectivity index (χ0) is 82.1. The number of carbonyl (C=O) groups is 9. The monoisotopic (exact) mass is 1620 g/mol. The second-order valence-corrected chi connectivity index (χ2v) is 35.4. The number of hydrogen-bond donors (Lipinski definition) is 10. The normalized spacial score (nSPS) is 25.6. The molecule has 6 aromatic rings. The molecular formula is C80H101N11O21S2. The summed E-state index contributed by atoms with van der Waals surface area (Å²) in [6, 6.07) is 17.7. The van der Waals surface area contributed by atoms with E-state index in [1.165, 1.54) is 23.2 Å². The molecule has 32 nitrogen and oxygen atoms in total. The van der Waals surface area contributed by atoms with E-state index in [0.717, 1.165) is 70.5 Å². The summed E-state index contributed by atoms with van der Waals surface area (Å²) in [6.07, 6.45) is -2.01. The first-order valence-electron chi connectivity index (χ1n) is 38.5. The Bertz CT molecular complexity index is 4750. The molecule has 11 atom stereocenters. The maximum Gasteiger partial charge on any atom is 0.409 e. The minimum atomic E-state index is -4.36. The van der Waals surface area contributed by atoms with Gasteiger partial charge in [-0.2, -0.15) is 13.5 Å². The Morgan fingerprint density at radius 2 is 1.59 bits per heavy atom. The number of pyridine rings is 1. The van der Waals surface area contributed by atoms with Gasteiger partial charge in [0.05, 0.1) is 72.3 Å². The lowest BCUT2D eigenvalue weighted by molar-refractivity contribution is -0.248. The lowest BCUT2D eigenvalue weighted by Gasteiger charge is -2.69. The maximum absolute atomic E-state index is 14.0. The van der Waals surface area contributed by atoms with E-state index in [1.54, 1.807) is 64.3 Å². The summed E-state index contributed by atoms with van der Waals surface area (Å²) in [5.74, 6) is -6.82. The number of rotatable bonds is 33. The molecule has 34 heteroatoms. The number of thiazole rings is 1. The summed E-state index contributed by atoms with van der Waals surface area (Å²) < 4.78 is 58.7. The van der Waals surface area contributed by atoms with E-state index in [1.807, 2.05) is 59.0 Å². The van der Waals surface area contributed by atoms with Crippen molar-refractivity contribution in [2.45, 2.75) is 206 Å². The smallest absolute Gasteiger partial charge is 0.409 e. The maximum atomic E-state index is 14.0. The molecule has 114 heavy (non-hydrogen) atoms. The number of fused-ring (bicyclic) bond motifs is 2. The number of carboxylic acids is 2. The van der Waals surface area contributed by atoms with Gasteiger partial charge in [0.2, 0.25) is 23.6 Å². The van der Waals surface area contributed by atoms with Crippen LogP contribution in [-0.2, 0) is 96.8 Å². The number of ketones is 1. The minimum absolute atomic E-state index is 0.0196. The van der Waals surface area contributed by atoms with Crippen molar-refractivity contribution in [3.63, 3.8) is 0 Å². The largest absolute Gasteiger partial charge is 0.479 e. The molecule has 6 amide bonds. The van der Waals surface area contributed by atoms with E-state index in [0.29, 0.717) is 70.4 Å². The van der Waals surface area contributed by atoms with Gasteiger partial charge in [-0.25, -0.2) is 24.4 Å². The number of likely N-dealkylation sites (N-methyl/N-ethyl adjacent to an activating group) is 1. The minimum Gasteiger partial charge on any atom is -0.479 e. The molecule has 4 bridgehead atoms. The van der Waals surface area contributed by atoms with Crippen LogP contribution in [0.15, 0.2) is 79.0 Å². The van der Waals surface area contributed by atoms with Crippen LogP contribution in [0.5, 0.6) is 0 Å². The predicted molar refractivity (Wildman–Crippen MR) is 416 cm³/mol. The van der Waals surface area contributed by atoms with Gasteiger partial charge in [-0.15, -0.1) is 0 Å². The van der Waals surface area contributed by atoms with Gasteiger partial charge in [-0.05, 0) is 158 Å². The molecule has 3 aliphatic heterocycles. The third-order valence-corrected chi connectivity index (χ3v) is 24.8. The summed E-state index contributed by atoms with van der Waals surface area (Å²) in [7, 11) is -2.77. The highest BCUT2D eigenvalue weighted by molar-refractivity contribution is 7.85. The van der Waals surface area contributed by atoms with E-state index < -0.39 is 143 Å². The number of aromatic nitrogens is 4. The quantitative estimate of drug-likeness (QED) is 0.0172. The van der Waals surface area contributed by atoms with Crippen LogP contribution >= 0.6 is 11.3 Å². The number of ether oxygens (including phenoxy) is 4. The molecule has 0 radical (unpaired) electrons. The number of aliphatic hydroxyl groups excluding tert-OH is 3. The zero-order valence-electron chi connectivity index (χ0n) is 65.1. The van der Waals surface area contributed by atoms with E-state index >= 15 is 0 Å². The van der Waals surface area contributed by atoms with Gasteiger partial charge >= 0.3 is 18.0 Å². The van der Waals surface area contributed by atoms with Gasteiger partial charge in [-0.3, -0.25) is 43.3 Å². The molecule has 13 rings (SSSR count). The predicted octanol–water partition coefficient (Wildman–Crippen LogP) is 5.81. The first-order valence-corrected chi connectivity index (χ1v) is 41.0. The fourth-order valence-corrected chi connectivity index (χ4v) is 19.9. The van der Waals surface area contributed by atoms with E-state index in [4.69, 9.17) is 33.6 Å². The van der Waals surface area contributed by atoms with Crippen molar-refractivity contribution in [3.8, 4) is 11.1 Å². The SMILES string of the molecule is CCC(=O)N[C@H]1C[C@@H](COCCS(=O)(=O)O)N(CC(=O)N[C@H](C(=O)N[C@@H](C)C(=O)Cc2ccc(COC(=O)N(C)CCOC34CC5(C)CC(C)(CC(Cn6ncc(-c7ccc(N8CCc9cccc(C(=O)Nc%10nc%11ccccc%11s%10)c9C8)nc7C(=O)O)c6C)(C5)C3)C4)c(CCC3O[C@H](C(=O)O)[C@@H](O)[C@H](O)[C@H]3O)c2)C(C)C)C1=O. The summed E-state index contributed by atoms with van der Waals surface area (Å²) in [5, 5.41) is 69.1. The second-order valence-electron chi connectivity index (χ2n) is 32.8. The van der Waals surface area contributed by atoms with E-state index in [9.17, 15) is 77.1 Å². The molecule has 10 N–H and O–H groups in total. The summed E-state index contributed by atoms with van der Waals surface area (Å²) in [6.45, 7) is 13.2. The molecule has 3 unspecified atom stereocenters. The van der Waals surface area contributed by atoms with Crippen LogP contribution in [0.2, 0.25) is 0 Å². The van der Waals surface area contributed by atoms with Gasteiger partial charge in [0.25, 0.3) is 16.0 Å². The molecule has 6 fully saturated rings. The standard InChI is InChI=1S/C80H101N11O21S2/c1-9-62(93)83-57-31-51(36-109-27-28-114(106,107)108)90(72(57)100)34-63(94)86-64(44(2)3)71(99)82-45(4)58(92)30-47-17-18-50(49(29-47)19-21-59-66(95)67(96)68(97)69(112-59)74(103)104)35-110-76(105)88(8)25-26-111-80-40-77(6)37-78(7,41-80)39-79(38-77,42-80)43-91-46(5)54(32-81-91)52-20-22-61(85-65(52)73(101)102)89-24-23-48-13-12-14-53(55(48)33-89)70(98)87-75-84-56-15-10-11-16-60(56)113-75/h10-18,20,22,29,32,44-45,51,57,59,64,66-69,95-97H,9,19,21,23-28,30-31,33-43H2,1-8H3,(H,82,99)(H,83,93)(H,86,94)(H,101,102)(H,103,104)(H,84,87,98)(H,106,107,108)/t45-,51-,57-,59?,64-,66-,67+,68-,69-,77?,78?,79?,80?/m0/s1. The van der Waals surface area contributed by atoms with Gasteiger partial charge in [-0.1, -0.05) is 88.4 Å². The number of nitrogens with zero attached hydrogens (tertiary/aromatic N) is 7. The number of aliphatic carboxylic acids is 1. The average molecular weight is 1620 g/mol. The number of amides is 6. The molecule has 614 valence electrons. The Morgan fingerprint density at radius 1 is 0.842 bits per heavy atom. The fraction of sp³-hybridized carbons (Fsp3) is 0.550. The Hall–Kier alpha value is -9.39. The highest BCUT2D eigenvalue weighted by Gasteiger charge is 2.66. The first kappa shape index (κ1) is 84.0. The Balaban J connectivity index is 0.673. The van der Waals surface area contributed by atoms with E-state index in [-0.39, 0.29) is 86.3 Å². The number of para-hydroxylation sites is 1. The van der Waals surface area contributed by atoms with Gasteiger partial charge in [0, 0.05) is 68.5 Å². The third-order valence-electron chi connectivity index (χ3n) is 23.2. The molecule has 0 spiro atoms. The lowest BCUT2D eigenvalue weighted by Crippen LogP contribution is -2.64. The molecular weight excluding hydrogens is 1520 g/mol. The number of carbonyl (C=O) groups excluding carboxylic acids is 7. The average Bonchev–Trinajstić information content (AvgIpc) is 0.714. The van der Waals surface area contributed by atoms with Crippen LogP contribution in [0.3, 0.4) is 0 Å². The van der Waals surface area contributed by atoms with Gasteiger partial charge in [0.1, 0.15) is 42.8 Å². The molecule has 4 saturated carbocycles. The van der Waals surface area contributed by atoms with Crippen LogP contribution in [0.4, 0.5) is 15.7 Å². The zero-order valence-corrected chi connectivity index (χ0v) is 66.7. The number of Topliss-reactive ketones (excluding diaryl/α,β-unsaturated/α-hetero) is 1. The highest BCUT2D eigenvalue weighted by Crippen LogP contribution is 2.72. The van der Waals surface area contributed by atoms with Gasteiger partial charge < -0.3 is 75.1 Å². The number of carboxylic acid groups (broad SMARTS) is 2. The van der Waals surface area contributed by atoms with Crippen LogP contribution in [0, 0.1) is 29.1 Å². The molecule has 7 aliphatic rings. The lowest BCUT2D eigenvalue weighted by atomic mass is 9.39. The third kappa shape index (κ3) is 19.1. The van der Waals surface area contributed by atoms with Crippen molar-refractivity contribution in [2.75, 3.05) is 62.5 Å². The second kappa shape index (κ2) is 34.2. The summed E-state index contributed by atoms with van der Waals surface area (Å²) in [5.41, 5.74) is 5.37. The van der Waals surface area contributed by atoms with Crippen molar-refractivity contribution < 1.29 is 101 Å². The number of hydrogen-bond acceptors (Lipinski definition) is 23. The number of benzene rings is 3. The number of aliphatic hydroxyl groups is 3. The first-order chi connectivity index (χ1) is 53.9. The topological polar surface area (TPSA) is 448 Å². The summed E-state index contributed by atoms with van der Waals surface area (Å²) in [4.78, 5) is 135. The van der Waals surface area contributed by atoms with Crippen LogP contribution < -0.4 is 26.2 Å². The van der Waals surface area contributed by atoms with Crippen molar-refractivity contribution in [3.05, 3.63) is 124 Å².